The Hall–Kier alpha value is -1.73. The molecule has 7 heteroatoms. The van der Waals surface area contributed by atoms with Crippen molar-refractivity contribution in [2.45, 2.75) is 39.3 Å². The van der Waals surface area contributed by atoms with Crippen LogP contribution in [0.15, 0.2) is 12.1 Å². The van der Waals surface area contributed by atoms with E-state index >= 15 is 0 Å². The monoisotopic (exact) mass is 333 g/mol. The summed E-state index contributed by atoms with van der Waals surface area (Å²) >= 11 is 1.37. The molecular formula is C16H23N5OS. The molecule has 0 aromatic carbocycles. The summed E-state index contributed by atoms with van der Waals surface area (Å²) in [6.07, 6.45) is 2.44. The third kappa shape index (κ3) is 3.97. The van der Waals surface area contributed by atoms with Crippen LogP contribution in [0.4, 0.5) is 10.9 Å². The Bertz CT molecular complexity index is 654. The summed E-state index contributed by atoms with van der Waals surface area (Å²) in [5.41, 5.74) is 2.27. The number of pyridine rings is 1. The predicted octanol–water partition coefficient (Wildman–Crippen LogP) is 3.16. The zero-order chi connectivity index (χ0) is 16.2. The molecule has 1 unspecified atom stereocenters. The molecule has 3 heterocycles. The summed E-state index contributed by atoms with van der Waals surface area (Å²) in [5, 5.41) is 4.17. The molecule has 3 rings (SSSR count). The van der Waals surface area contributed by atoms with Crippen LogP contribution in [-0.2, 0) is 11.3 Å². The van der Waals surface area contributed by atoms with Crippen LogP contribution in [0, 0.1) is 6.92 Å². The van der Waals surface area contributed by atoms with Crippen molar-refractivity contribution in [3.05, 3.63) is 29.2 Å². The van der Waals surface area contributed by atoms with Gasteiger partial charge in [-0.1, -0.05) is 0 Å². The average Bonchev–Trinajstić information content (AvgIpc) is 3.23. The number of rotatable bonds is 6. The van der Waals surface area contributed by atoms with Crippen LogP contribution in [0.1, 0.15) is 43.0 Å². The zero-order valence-corrected chi connectivity index (χ0v) is 14.7. The Morgan fingerprint density at radius 3 is 2.83 bits per heavy atom. The van der Waals surface area contributed by atoms with E-state index in [0.29, 0.717) is 0 Å². The van der Waals surface area contributed by atoms with Gasteiger partial charge in [0.15, 0.2) is 5.82 Å². The van der Waals surface area contributed by atoms with Crippen molar-refractivity contribution in [2.75, 3.05) is 30.4 Å². The number of nitrogens with zero attached hydrogens (tertiary/aromatic N) is 4. The molecule has 1 atom stereocenters. The van der Waals surface area contributed by atoms with Crippen molar-refractivity contribution in [3.63, 3.8) is 0 Å². The fourth-order valence-electron chi connectivity index (χ4n) is 2.69. The Labute approximate surface area is 141 Å². The van der Waals surface area contributed by atoms with Gasteiger partial charge in [0.05, 0.1) is 0 Å². The highest BCUT2D eigenvalue weighted by atomic mass is 32.1. The van der Waals surface area contributed by atoms with Gasteiger partial charge in [-0.2, -0.15) is 4.37 Å². The lowest BCUT2D eigenvalue weighted by molar-refractivity contribution is 0.113. The fourth-order valence-corrected chi connectivity index (χ4v) is 3.33. The summed E-state index contributed by atoms with van der Waals surface area (Å²) in [5.74, 6) is 1.81. The topological polar surface area (TPSA) is 63.2 Å². The minimum Gasteiger partial charge on any atom is -0.374 e. The molecule has 1 fully saturated rings. The van der Waals surface area contributed by atoms with Crippen LogP contribution in [0.3, 0.4) is 0 Å². The quantitative estimate of drug-likeness (QED) is 0.876. The van der Waals surface area contributed by atoms with E-state index in [0.717, 1.165) is 42.1 Å². The Morgan fingerprint density at radius 2 is 2.09 bits per heavy atom. The van der Waals surface area contributed by atoms with Gasteiger partial charge in [-0.3, -0.25) is 0 Å². The molecule has 124 valence electrons. The van der Waals surface area contributed by atoms with Crippen molar-refractivity contribution in [3.8, 4) is 0 Å². The molecule has 2 aromatic rings. The lowest BCUT2D eigenvalue weighted by Crippen LogP contribution is -2.19. The van der Waals surface area contributed by atoms with Gasteiger partial charge in [0.1, 0.15) is 11.9 Å². The Kier molecular flexibility index (Phi) is 5.07. The second-order valence-corrected chi connectivity index (χ2v) is 6.61. The molecule has 1 N–H and O–H groups in total. The second-order valence-electron chi connectivity index (χ2n) is 5.86. The van der Waals surface area contributed by atoms with Crippen LogP contribution in [0.2, 0.25) is 0 Å². The van der Waals surface area contributed by atoms with Crippen LogP contribution < -0.4 is 10.2 Å². The molecule has 2 aromatic heterocycles. The molecule has 0 spiro atoms. The van der Waals surface area contributed by atoms with Crippen molar-refractivity contribution >= 4 is 22.5 Å². The highest BCUT2D eigenvalue weighted by Gasteiger charge is 2.15. The van der Waals surface area contributed by atoms with Crippen LogP contribution in [-0.4, -0.2) is 34.5 Å². The van der Waals surface area contributed by atoms with E-state index in [9.17, 15) is 0 Å². The molecule has 1 aliphatic rings. The van der Waals surface area contributed by atoms with E-state index < -0.39 is 0 Å². The normalized spacial score (nSPS) is 15.9. The number of aromatic nitrogens is 3. The molecule has 0 amide bonds. The third-order valence-corrected chi connectivity index (χ3v) is 4.72. The van der Waals surface area contributed by atoms with E-state index in [1.165, 1.54) is 29.9 Å². The standard InChI is InChI=1S/C16H23N5OS/c1-11-8-13(9-14(18-11)21-6-4-5-7-21)10-17-16-19-15(20-23-16)12(2)22-3/h8-9,12H,4-7,10H2,1-3H3,(H,17,19,20). The maximum Gasteiger partial charge on any atom is 0.202 e. The molecule has 6 nitrogen and oxygen atoms in total. The van der Waals surface area contributed by atoms with Crippen molar-refractivity contribution in [2.24, 2.45) is 0 Å². The van der Waals surface area contributed by atoms with E-state index in [1.807, 2.05) is 13.8 Å². The lowest BCUT2D eigenvalue weighted by atomic mass is 10.2. The first kappa shape index (κ1) is 16.1. The van der Waals surface area contributed by atoms with Crippen molar-refractivity contribution < 1.29 is 4.74 Å². The number of ether oxygens (including phenoxy) is 1. The summed E-state index contributed by atoms with van der Waals surface area (Å²) in [7, 11) is 1.67. The fraction of sp³-hybridized carbons (Fsp3) is 0.562. The molecule has 23 heavy (non-hydrogen) atoms. The highest BCUT2D eigenvalue weighted by Crippen LogP contribution is 2.22. The van der Waals surface area contributed by atoms with E-state index in [1.54, 1.807) is 7.11 Å². The van der Waals surface area contributed by atoms with Crippen LogP contribution in [0.25, 0.3) is 0 Å². The number of hydrogen-bond donors (Lipinski definition) is 1. The molecule has 1 saturated heterocycles. The first-order valence-electron chi connectivity index (χ1n) is 7.98. The van der Waals surface area contributed by atoms with E-state index in [2.05, 4.69) is 36.7 Å². The van der Waals surface area contributed by atoms with Gasteiger partial charge < -0.3 is 15.0 Å². The second kappa shape index (κ2) is 7.23. The summed E-state index contributed by atoms with van der Waals surface area (Å²) < 4.78 is 9.56. The first-order valence-corrected chi connectivity index (χ1v) is 8.76. The van der Waals surface area contributed by atoms with Gasteiger partial charge in [-0.25, -0.2) is 9.97 Å². The van der Waals surface area contributed by atoms with Gasteiger partial charge >= 0.3 is 0 Å². The molecule has 0 saturated carbocycles. The maximum absolute atomic E-state index is 5.24. The molecule has 0 aliphatic carbocycles. The van der Waals surface area contributed by atoms with Gasteiger partial charge in [0.25, 0.3) is 0 Å². The molecule has 0 radical (unpaired) electrons. The van der Waals surface area contributed by atoms with Gasteiger partial charge in [0, 0.05) is 44.0 Å². The predicted molar refractivity (Wildman–Crippen MR) is 93.1 cm³/mol. The number of aryl methyl sites for hydroxylation is 1. The average molecular weight is 333 g/mol. The van der Waals surface area contributed by atoms with Gasteiger partial charge in [-0.15, -0.1) is 0 Å². The summed E-state index contributed by atoms with van der Waals surface area (Å²) in [4.78, 5) is 11.5. The minimum atomic E-state index is -0.0771. The summed E-state index contributed by atoms with van der Waals surface area (Å²) in [6.45, 7) is 6.93. The molecule has 0 bridgehead atoms. The van der Waals surface area contributed by atoms with Crippen LogP contribution >= 0.6 is 11.5 Å². The van der Waals surface area contributed by atoms with Gasteiger partial charge in [-0.05, 0) is 44.4 Å². The highest BCUT2D eigenvalue weighted by molar-refractivity contribution is 7.09. The summed E-state index contributed by atoms with van der Waals surface area (Å²) in [6, 6.07) is 4.29. The van der Waals surface area contributed by atoms with E-state index in [-0.39, 0.29) is 6.10 Å². The Balaban J connectivity index is 1.66. The van der Waals surface area contributed by atoms with Crippen LogP contribution in [0.5, 0.6) is 0 Å². The zero-order valence-electron chi connectivity index (χ0n) is 13.9. The number of anilines is 2. The third-order valence-electron chi connectivity index (χ3n) is 4.03. The largest absolute Gasteiger partial charge is 0.374 e. The lowest BCUT2D eigenvalue weighted by Gasteiger charge is -2.18. The molecule has 1 aliphatic heterocycles. The number of hydrogen-bond acceptors (Lipinski definition) is 7. The van der Waals surface area contributed by atoms with Crippen molar-refractivity contribution in [1.29, 1.82) is 0 Å². The minimum absolute atomic E-state index is 0.0771. The smallest absolute Gasteiger partial charge is 0.202 e. The number of nitrogens with one attached hydrogen (secondary N) is 1. The van der Waals surface area contributed by atoms with Crippen molar-refractivity contribution in [1.82, 2.24) is 14.3 Å². The first-order chi connectivity index (χ1) is 11.2. The molecular weight excluding hydrogens is 310 g/mol. The van der Waals surface area contributed by atoms with Gasteiger partial charge in [0.2, 0.25) is 5.13 Å². The Morgan fingerprint density at radius 1 is 1.30 bits per heavy atom. The number of methoxy groups -OCH3 is 1. The maximum atomic E-state index is 5.24. The van der Waals surface area contributed by atoms with E-state index in [4.69, 9.17) is 4.74 Å². The SMILES string of the molecule is COC(C)c1nsc(NCc2cc(C)nc(N3CCCC3)c2)n1.